The molecule has 0 N–H and O–H groups in total. The van der Waals surface area contributed by atoms with E-state index in [9.17, 15) is 0 Å². The molecule has 0 saturated carbocycles. The Morgan fingerprint density at radius 2 is 2.57 bits per heavy atom. The Morgan fingerprint density at radius 3 is 2.86 bits per heavy atom. The Kier molecular flexibility index (Phi) is 1.68. The maximum absolute atomic E-state index is 3.85. The Hall–Kier alpha value is -0.0500. The fourth-order valence-corrected chi connectivity index (χ4v) is 1.00. The van der Waals surface area contributed by atoms with E-state index in [1.54, 1.807) is 11.9 Å². The Balaban J connectivity index is 2.32. The average Bonchev–Trinajstić information content (AvgIpc) is 1.69. The molecular formula is C4H8N2S. The zero-order chi connectivity index (χ0) is 5.11. The number of hydrogen-bond acceptors (Lipinski definition) is 3. The lowest BCUT2D eigenvalue weighted by Gasteiger charge is -2.06. The third kappa shape index (κ3) is 1.47. The zero-order valence-electron chi connectivity index (χ0n) is 4.29. The molecule has 0 saturated heterocycles. The largest absolute Gasteiger partial charge is 0.182 e. The molecule has 0 amide bonds. The molecule has 2 nitrogen and oxygen atoms in total. The summed E-state index contributed by atoms with van der Waals surface area (Å²) in [6.07, 6.45) is 0. The van der Waals surface area contributed by atoms with Crippen LogP contribution in [0.2, 0.25) is 0 Å². The van der Waals surface area contributed by atoms with E-state index in [0.29, 0.717) is 0 Å². The van der Waals surface area contributed by atoms with Crippen LogP contribution in [0.15, 0.2) is 9.63 Å². The van der Waals surface area contributed by atoms with E-state index in [1.165, 1.54) is 0 Å². The van der Waals surface area contributed by atoms with Crippen molar-refractivity contribution >= 4 is 11.9 Å². The minimum absolute atomic E-state index is 0.738. The summed E-state index contributed by atoms with van der Waals surface area (Å²) in [7, 11) is 0. The van der Waals surface area contributed by atoms with Crippen molar-refractivity contribution in [1.29, 1.82) is 0 Å². The first-order valence-electron chi connectivity index (χ1n) is 2.38. The molecular weight excluding hydrogens is 108 g/mol. The fourth-order valence-electron chi connectivity index (χ4n) is 0.427. The van der Waals surface area contributed by atoms with Gasteiger partial charge in [-0.3, -0.25) is 0 Å². The third-order valence-electron chi connectivity index (χ3n) is 0.868. The summed E-state index contributed by atoms with van der Waals surface area (Å²) in [5.41, 5.74) is 0. The average molecular weight is 116 g/mol. The van der Waals surface area contributed by atoms with Crippen LogP contribution >= 0.6 is 11.9 Å². The zero-order valence-corrected chi connectivity index (χ0v) is 5.11. The van der Waals surface area contributed by atoms with Crippen LogP contribution in [0.4, 0.5) is 0 Å². The maximum Gasteiger partial charge on any atom is 0.0643 e. The van der Waals surface area contributed by atoms with E-state index < -0.39 is 0 Å². The third-order valence-corrected chi connectivity index (χ3v) is 1.82. The van der Waals surface area contributed by atoms with Crippen LogP contribution in [0, 0.1) is 5.92 Å². The quantitative estimate of drug-likeness (QED) is 0.442. The molecule has 0 aromatic rings. The van der Waals surface area contributed by atoms with Crippen LogP contribution in [0.1, 0.15) is 6.92 Å². The first-order valence-corrected chi connectivity index (χ1v) is 3.32. The van der Waals surface area contributed by atoms with Crippen molar-refractivity contribution in [2.75, 3.05) is 12.3 Å². The predicted molar refractivity (Wildman–Crippen MR) is 31.3 cm³/mol. The van der Waals surface area contributed by atoms with Crippen LogP contribution in [0.25, 0.3) is 0 Å². The summed E-state index contributed by atoms with van der Waals surface area (Å²) in [6, 6.07) is 0. The van der Waals surface area contributed by atoms with E-state index in [-0.39, 0.29) is 0 Å². The summed E-state index contributed by atoms with van der Waals surface area (Å²) in [4.78, 5) is 0. The molecule has 1 atom stereocenters. The van der Waals surface area contributed by atoms with Gasteiger partial charge in [0.25, 0.3) is 0 Å². The fraction of sp³-hybridized carbons (Fsp3) is 1.00. The number of nitrogens with zero attached hydrogens (tertiary/aromatic N) is 2. The molecule has 0 aromatic carbocycles. The molecule has 0 aliphatic carbocycles. The van der Waals surface area contributed by atoms with Crippen LogP contribution in [-0.4, -0.2) is 12.3 Å². The molecule has 3 heteroatoms. The Labute approximate surface area is 47.5 Å². The second kappa shape index (κ2) is 2.31. The molecule has 1 rings (SSSR count). The van der Waals surface area contributed by atoms with Gasteiger partial charge < -0.3 is 0 Å². The van der Waals surface area contributed by atoms with Crippen LogP contribution in [-0.2, 0) is 0 Å². The van der Waals surface area contributed by atoms with Crippen molar-refractivity contribution in [2.45, 2.75) is 6.92 Å². The van der Waals surface area contributed by atoms with Gasteiger partial charge in [0.2, 0.25) is 0 Å². The SMILES string of the molecule is C[C@H]1CN=NSC1. The van der Waals surface area contributed by atoms with E-state index in [1.807, 2.05) is 0 Å². The van der Waals surface area contributed by atoms with Gasteiger partial charge in [0.15, 0.2) is 0 Å². The Bertz CT molecular complexity index is 81.8. The molecule has 0 radical (unpaired) electrons. The van der Waals surface area contributed by atoms with E-state index in [2.05, 4.69) is 16.6 Å². The Morgan fingerprint density at radius 1 is 1.71 bits per heavy atom. The second-order valence-electron chi connectivity index (χ2n) is 1.81. The summed E-state index contributed by atoms with van der Waals surface area (Å²) in [5.74, 6) is 1.88. The number of rotatable bonds is 0. The lowest BCUT2D eigenvalue weighted by molar-refractivity contribution is 0.649. The standard InChI is InChI=1S/C4H8N2S/c1-4-2-5-6-7-3-4/h4H,2-3H2,1H3/t4-/m0/s1. The first kappa shape index (κ1) is 5.09. The van der Waals surface area contributed by atoms with Crippen molar-refractivity contribution in [3.63, 3.8) is 0 Å². The van der Waals surface area contributed by atoms with Gasteiger partial charge in [-0.1, -0.05) is 6.92 Å². The summed E-state index contributed by atoms with van der Waals surface area (Å²) < 4.78 is 3.77. The minimum Gasteiger partial charge on any atom is -0.182 e. The first-order chi connectivity index (χ1) is 3.39. The molecule has 7 heavy (non-hydrogen) atoms. The highest BCUT2D eigenvalue weighted by Gasteiger charge is 2.03. The lowest BCUT2D eigenvalue weighted by Crippen LogP contribution is -2.03. The van der Waals surface area contributed by atoms with Crippen molar-refractivity contribution in [3.8, 4) is 0 Å². The van der Waals surface area contributed by atoms with Gasteiger partial charge >= 0.3 is 0 Å². The van der Waals surface area contributed by atoms with Crippen molar-refractivity contribution < 1.29 is 0 Å². The molecule has 0 fully saturated rings. The van der Waals surface area contributed by atoms with Crippen molar-refractivity contribution in [1.82, 2.24) is 0 Å². The van der Waals surface area contributed by atoms with Gasteiger partial charge in [-0.15, -0.1) is 4.52 Å². The van der Waals surface area contributed by atoms with E-state index >= 15 is 0 Å². The van der Waals surface area contributed by atoms with Gasteiger partial charge in [0.1, 0.15) is 0 Å². The van der Waals surface area contributed by atoms with Crippen molar-refractivity contribution in [2.24, 2.45) is 15.6 Å². The van der Waals surface area contributed by atoms with Gasteiger partial charge in [0.05, 0.1) is 6.54 Å². The van der Waals surface area contributed by atoms with Crippen LogP contribution < -0.4 is 0 Å². The van der Waals surface area contributed by atoms with Gasteiger partial charge in [0, 0.05) is 5.75 Å². The highest BCUT2D eigenvalue weighted by molar-refractivity contribution is 7.97. The van der Waals surface area contributed by atoms with Crippen LogP contribution in [0.5, 0.6) is 0 Å². The summed E-state index contributed by atoms with van der Waals surface area (Å²) in [6.45, 7) is 3.11. The maximum atomic E-state index is 3.85. The smallest absolute Gasteiger partial charge is 0.0643 e. The summed E-state index contributed by atoms with van der Waals surface area (Å²) >= 11 is 1.56. The van der Waals surface area contributed by atoms with Gasteiger partial charge in [-0.25, -0.2) is 0 Å². The lowest BCUT2D eigenvalue weighted by atomic mass is 10.2. The van der Waals surface area contributed by atoms with Crippen LogP contribution in [0.3, 0.4) is 0 Å². The van der Waals surface area contributed by atoms with E-state index in [0.717, 1.165) is 18.2 Å². The van der Waals surface area contributed by atoms with Gasteiger partial charge in [-0.05, 0) is 17.9 Å². The normalized spacial score (nSPS) is 30.7. The highest BCUT2D eigenvalue weighted by Crippen LogP contribution is 2.15. The number of hydrogen-bond donors (Lipinski definition) is 0. The molecule has 1 aliphatic rings. The molecule has 1 heterocycles. The molecule has 0 spiro atoms. The second-order valence-corrected chi connectivity index (χ2v) is 2.56. The van der Waals surface area contributed by atoms with Crippen molar-refractivity contribution in [3.05, 3.63) is 0 Å². The molecule has 1 aliphatic heterocycles. The molecule has 0 aromatic heterocycles. The monoisotopic (exact) mass is 116 g/mol. The topological polar surface area (TPSA) is 24.7 Å². The highest BCUT2D eigenvalue weighted by atomic mass is 32.2. The molecule has 40 valence electrons. The summed E-state index contributed by atoms with van der Waals surface area (Å²) in [5, 5.41) is 3.85. The van der Waals surface area contributed by atoms with Gasteiger partial charge in [-0.2, -0.15) is 5.11 Å². The minimum atomic E-state index is 0.738. The molecule has 0 bridgehead atoms. The molecule has 0 unspecified atom stereocenters. The predicted octanol–water partition coefficient (Wildman–Crippen LogP) is 1.74. The van der Waals surface area contributed by atoms with E-state index in [4.69, 9.17) is 0 Å².